The van der Waals surface area contributed by atoms with E-state index in [4.69, 9.17) is 4.98 Å². The lowest BCUT2D eigenvalue weighted by molar-refractivity contribution is -0.118. The Morgan fingerprint density at radius 3 is 2.67 bits per heavy atom. The molecule has 170 valence electrons. The lowest BCUT2D eigenvalue weighted by atomic mass is 9.99. The molecule has 5 heterocycles. The Morgan fingerprint density at radius 1 is 1.03 bits per heavy atom. The molecule has 0 aliphatic carbocycles. The van der Waals surface area contributed by atoms with Crippen molar-refractivity contribution in [2.45, 2.75) is 31.8 Å². The largest absolute Gasteiger partial charge is 0.369 e. The molecule has 3 aromatic rings. The van der Waals surface area contributed by atoms with Gasteiger partial charge in [0, 0.05) is 56.0 Å². The van der Waals surface area contributed by atoms with Crippen LogP contribution in [0.2, 0.25) is 0 Å². The van der Waals surface area contributed by atoms with E-state index >= 15 is 0 Å². The SMILES string of the molecule is O=C1Nc2cc(CN3CCN(c4ccc(-c5cccs5)cc4)CC3)cnc2N2CCCCC12. The topological polar surface area (TPSA) is 51.7 Å². The monoisotopic (exact) mass is 459 g/mol. The predicted molar refractivity (Wildman–Crippen MR) is 135 cm³/mol. The van der Waals surface area contributed by atoms with Crippen molar-refractivity contribution in [1.29, 1.82) is 0 Å². The number of rotatable bonds is 4. The highest BCUT2D eigenvalue weighted by molar-refractivity contribution is 7.13. The van der Waals surface area contributed by atoms with Crippen LogP contribution in [0.15, 0.2) is 54.0 Å². The molecule has 1 aromatic carbocycles. The molecule has 3 aliphatic heterocycles. The summed E-state index contributed by atoms with van der Waals surface area (Å²) in [6.45, 7) is 5.86. The van der Waals surface area contributed by atoms with Crippen molar-refractivity contribution < 1.29 is 4.79 Å². The number of carbonyl (C=O) groups is 1. The molecule has 33 heavy (non-hydrogen) atoms. The van der Waals surface area contributed by atoms with Gasteiger partial charge >= 0.3 is 0 Å². The molecule has 1 amide bonds. The molecule has 2 fully saturated rings. The average Bonchev–Trinajstić information content (AvgIpc) is 3.40. The molecule has 2 aromatic heterocycles. The number of carbonyl (C=O) groups excluding carboxylic acids is 1. The third-order valence-corrected chi connectivity index (χ3v) is 7.99. The molecule has 0 spiro atoms. The number of anilines is 3. The minimum atomic E-state index is -0.0444. The Hall–Kier alpha value is -2.90. The number of pyridine rings is 1. The van der Waals surface area contributed by atoms with E-state index in [1.165, 1.54) is 21.7 Å². The first-order chi connectivity index (χ1) is 16.2. The van der Waals surface area contributed by atoms with Crippen LogP contribution in [-0.2, 0) is 11.3 Å². The highest BCUT2D eigenvalue weighted by atomic mass is 32.1. The van der Waals surface area contributed by atoms with Crippen molar-refractivity contribution in [1.82, 2.24) is 9.88 Å². The normalized spacial score (nSPS) is 20.8. The van der Waals surface area contributed by atoms with E-state index in [1.54, 1.807) is 11.3 Å². The first kappa shape index (κ1) is 20.7. The van der Waals surface area contributed by atoms with E-state index in [2.05, 4.69) is 67.9 Å². The molecular formula is C26H29N5OS. The Kier molecular flexibility index (Phi) is 5.52. The van der Waals surface area contributed by atoms with Crippen LogP contribution in [0.25, 0.3) is 10.4 Å². The number of amides is 1. The number of thiophene rings is 1. The van der Waals surface area contributed by atoms with Gasteiger partial charge in [-0.2, -0.15) is 0 Å². The van der Waals surface area contributed by atoms with Gasteiger partial charge in [0.15, 0.2) is 5.82 Å². The minimum absolute atomic E-state index is 0.0444. The highest BCUT2D eigenvalue weighted by Crippen LogP contribution is 2.35. The number of fused-ring (bicyclic) bond motifs is 3. The van der Waals surface area contributed by atoms with Crippen molar-refractivity contribution in [3.8, 4) is 10.4 Å². The van der Waals surface area contributed by atoms with Gasteiger partial charge in [0.25, 0.3) is 0 Å². The third kappa shape index (κ3) is 4.11. The van der Waals surface area contributed by atoms with Crippen LogP contribution in [0.1, 0.15) is 24.8 Å². The Labute approximate surface area is 198 Å². The van der Waals surface area contributed by atoms with E-state index in [9.17, 15) is 4.79 Å². The van der Waals surface area contributed by atoms with Crippen LogP contribution < -0.4 is 15.1 Å². The summed E-state index contributed by atoms with van der Waals surface area (Å²) in [7, 11) is 0. The molecule has 0 bridgehead atoms. The van der Waals surface area contributed by atoms with Gasteiger partial charge in [-0.1, -0.05) is 18.2 Å². The van der Waals surface area contributed by atoms with Crippen LogP contribution >= 0.6 is 11.3 Å². The molecule has 2 saturated heterocycles. The molecule has 1 unspecified atom stereocenters. The molecule has 3 aliphatic rings. The number of hydrogen-bond donors (Lipinski definition) is 1. The fourth-order valence-electron chi connectivity index (χ4n) is 5.28. The second-order valence-corrected chi connectivity index (χ2v) is 10.1. The maximum absolute atomic E-state index is 12.6. The summed E-state index contributed by atoms with van der Waals surface area (Å²) in [6.07, 6.45) is 5.17. The third-order valence-electron chi connectivity index (χ3n) is 7.08. The van der Waals surface area contributed by atoms with Crippen LogP contribution in [0.4, 0.5) is 17.2 Å². The van der Waals surface area contributed by atoms with Crippen LogP contribution in [-0.4, -0.2) is 54.6 Å². The molecule has 1 atom stereocenters. The summed E-state index contributed by atoms with van der Waals surface area (Å²) in [5.74, 6) is 1.07. The fourth-order valence-corrected chi connectivity index (χ4v) is 6.02. The number of benzene rings is 1. The zero-order chi connectivity index (χ0) is 22.2. The quantitative estimate of drug-likeness (QED) is 0.625. The van der Waals surface area contributed by atoms with Gasteiger partial charge in [-0.25, -0.2) is 4.98 Å². The molecular weight excluding hydrogens is 430 g/mol. The number of piperidine rings is 1. The summed E-state index contributed by atoms with van der Waals surface area (Å²) in [5, 5.41) is 5.23. The zero-order valence-corrected chi connectivity index (χ0v) is 19.6. The van der Waals surface area contributed by atoms with Gasteiger partial charge in [-0.15, -0.1) is 11.3 Å². The Balaban J connectivity index is 1.08. The molecule has 6 nitrogen and oxygen atoms in total. The van der Waals surface area contributed by atoms with E-state index in [1.807, 2.05) is 6.20 Å². The van der Waals surface area contributed by atoms with Crippen molar-refractivity contribution in [3.05, 3.63) is 59.6 Å². The molecule has 7 heteroatoms. The van der Waals surface area contributed by atoms with Gasteiger partial charge in [0.2, 0.25) is 5.91 Å². The Bertz CT molecular complexity index is 1120. The van der Waals surface area contributed by atoms with E-state index < -0.39 is 0 Å². The number of hydrogen-bond acceptors (Lipinski definition) is 6. The van der Waals surface area contributed by atoms with Crippen LogP contribution in [0.3, 0.4) is 0 Å². The highest BCUT2D eigenvalue weighted by Gasteiger charge is 2.35. The van der Waals surface area contributed by atoms with Gasteiger partial charge in [0.05, 0.1) is 5.69 Å². The van der Waals surface area contributed by atoms with Crippen molar-refractivity contribution >= 4 is 34.4 Å². The first-order valence-corrected chi connectivity index (χ1v) is 12.8. The van der Waals surface area contributed by atoms with Crippen LogP contribution in [0, 0.1) is 0 Å². The van der Waals surface area contributed by atoms with E-state index in [0.717, 1.165) is 70.0 Å². The van der Waals surface area contributed by atoms with Crippen molar-refractivity contribution in [2.75, 3.05) is 47.8 Å². The molecule has 0 radical (unpaired) electrons. The lowest BCUT2D eigenvalue weighted by Gasteiger charge is -2.40. The number of piperazine rings is 1. The number of aromatic nitrogens is 1. The van der Waals surface area contributed by atoms with Gasteiger partial charge < -0.3 is 15.1 Å². The lowest BCUT2D eigenvalue weighted by Crippen LogP contribution is -2.51. The molecule has 0 saturated carbocycles. The van der Waals surface area contributed by atoms with E-state index in [0.29, 0.717) is 0 Å². The summed E-state index contributed by atoms with van der Waals surface area (Å²) in [5.41, 5.74) is 4.62. The first-order valence-electron chi connectivity index (χ1n) is 11.9. The summed E-state index contributed by atoms with van der Waals surface area (Å²) in [6, 6.07) is 15.3. The van der Waals surface area contributed by atoms with Crippen molar-refractivity contribution in [3.63, 3.8) is 0 Å². The number of nitrogens with zero attached hydrogens (tertiary/aromatic N) is 4. The average molecular weight is 460 g/mol. The fraction of sp³-hybridized carbons (Fsp3) is 0.385. The summed E-state index contributed by atoms with van der Waals surface area (Å²) >= 11 is 1.78. The summed E-state index contributed by atoms with van der Waals surface area (Å²) < 4.78 is 0. The maximum atomic E-state index is 12.6. The standard InChI is InChI=1S/C26H29N5OS/c32-26-23-4-1-2-10-31(23)25-22(28-26)16-19(17-27-25)18-29-11-13-30(14-12-29)21-8-6-20(7-9-21)24-5-3-15-33-24/h3,5-9,15-17,23H,1-2,4,10-14,18H2,(H,28,32). The second-order valence-electron chi connectivity index (χ2n) is 9.20. The van der Waals surface area contributed by atoms with Crippen molar-refractivity contribution in [2.24, 2.45) is 0 Å². The second kappa shape index (κ2) is 8.80. The molecule has 1 N–H and O–H groups in total. The Morgan fingerprint density at radius 2 is 1.88 bits per heavy atom. The smallest absolute Gasteiger partial charge is 0.247 e. The minimum Gasteiger partial charge on any atom is -0.369 e. The summed E-state index contributed by atoms with van der Waals surface area (Å²) in [4.78, 5) is 25.8. The van der Waals surface area contributed by atoms with Gasteiger partial charge in [-0.05, 0) is 60.0 Å². The van der Waals surface area contributed by atoms with Gasteiger partial charge in [-0.3, -0.25) is 9.69 Å². The van der Waals surface area contributed by atoms with Gasteiger partial charge in [0.1, 0.15) is 6.04 Å². The maximum Gasteiger partial charge on any atom is 0.247 e. The van der Waals surface area contributed by atoms with E-state index in [-0.39, 0.29) is 11.9 Å². The predicted octanol–water partition coefficient (Wildman–Crippen LogP) is 4.44. The molecule has 6 rings (SSSR count). The van der Waals surface area contributed by atoms with Crippen LogP contribution in [0.5, 0.6) is 0 Å². The number of nitrogens with one attached hydrogen (secondary N) is 1. The zero-order valence-electron chi connectivity index (χ0n) is 18.7.